The van der Waals surface area contributed by atoms with Gasteiger partial charge in [-0.2, -0.15) is 0 Å². The van der Waals surface area contributed by atoms with Crippen molar-refractivity contribution in [2.75, 3.05) is 0 Å². The number of rotatable bonds is 1. The van der Waals surface area contributed by atoms with Crippen LogP contribution in [-0.4, -0.2) is 17.2 Å². The van der Waals surface area contributed by atoms with Gasteiger partial charge in [0.25, 0.3) is 0 Å². The van der Waals surface area contributed by atoms with Gasteiger partial charge in [0.1, 0.15) is 5.60 Å². The van der Waals surface area contributed by atoms with Crippen molar-refractivity contribution in [1.82, 2.24) is 5.32 Å². The van der Waals surface area contributed by atoms with Crippen LogP contribution in [-0.2, 0) is 4.74 Å². The second-order valence-corrected chi connectivity index (χ2v) is 9.54. The number of hydrogen-bond donors (Lipinski definition) is 1. The van der Waals surface area contributed by atoms with Gasteiger partial charge in [0.2, 0.25) is 0 Å². The largest absolute Gasteiger partial charge is 0.444 e. The SMILES string of the molecule is CC(C)(C)OC(=O)NC12CC3C[C@@](C)(C1)C[C@](C)(C3)C2. The van der Waals surface area contributed by atoms with Gasteiger partial charge < -0.3 is 10.1 Å². The maximum Gasteiger partial charge on any atom is 0.408 e. The molecule has 0 spiro atoms. The van der Waals surface area contributed by atoms with E-state index in [-0.39, 0.29) is 11.6 Å². The summed E-state index contributed by atoms with van der Waals surface area (Å²) in [5.41, 5.74) is 0.414. The maximum absolute atomic E-state index is 12.2. The van der Waals surface area contributed by atoms with Gasteiger partial charge in [-0.3, -0.25) is 0 Å². The number of hydrogen-bond acceptors (Lipinski definition) is 2. The first kappa shape index (κ1) is 14.2. The summed E-state index contributed by atoms with van der Waals surface area (Å²) in [6, 6.07) is 0. The monoisotopic (exact) mass is 279 g/mol. The van der Waals surface area contributed by atoms with E-state index in [1.807, 2.05) is 20.8 Å². The fourth-order valence-electron chi connectivity index (χ4n) is 6.11. The summed E-state index contributed by atoms with van der Waals surface area (Å²) < 4.78 is 5.49. The molecule has 0 saturated heterocycles. The fourth-order valence-corrected chi connectivity index (χ4v) is 6.11. The van der Waals surface area contributed by atoms with Crippen LogP contribution in [0.15, 0.2) is 0 Å². The zero-order chi connectivity index (χ0) is 14.8. The standard InChI is InChI=1S/C17H29NO2/c1-14(2,3)20-13(19)18-17-8-12-6-15(4,10-17)9-16(5,7-12)11-17/h12H,6-11H2,1-5H3,(H,18,19)/t12?,15-,16+,17?. The molecule has 0 radical (unpaired) electrons. The summed E-state index contributed by atoms with van der Waals surface area (Å²) in [6.07, 6.45) is 7.20. The zero-order valence-electron chi connectivity index (χ0n) is 13.6. The van der Waals surface area contributed by atoms with E-state index in [1.165, 1.54) is 19.3 Å². The number of nitrogens with one attached hydrogen (secondary N) is 1. The van der Waals surface area contributed by atoms with Crippen molar-refractivity contribution in [2.45, 2.75) is 84.3 Å². The minimum absolute atomic E-state index is 0.00868. The molecule has 1 N–H and O–H groups in total. The minimum Gasteiger partial charge on any atom is -0.444 e. The summed E-state index contributed by atoms with van der Waals surface area (Å²) in [5.74, 6) is 0.788. The summed E-state index contributed by atoms with van der Waals surface area (Å²) in [4.78, 5) is 12.2. The Kier molecular flexibility index (Phi) is 2.79. The van der Waals surface area contributed by atoms with E-state index >= 15 is 0 Å². The number of ether oxygens (including phenoxy) is 1. The molecule has 3 heteroatoms. The molecule has 0 aromatic heterocycles. The van der Waals surface area contributed by atoms with Crippen LogP contribution >= 0.6 is 0 Å². The highest BCUT2D eigenvalue weighted by Crippen LogP contribution is 2.66. The Hall–Kier alpha value is -0.730. The van der Waals surface area contributed by atoms with Gasteiger partial charge in [-0.05, 0) is 76.0 Å². The molecule has 4 aliphatic rings. The third-order valence-corrected chi connectivity index (χ3v) is 5.39. The Morgan fingerprint density at radius 3 is 2.05 bits per heavy atom. The lowest BCUT2D eigenvalue weighted by Gasteiger charge is -2.65. The van der Waals surface area contributed by atoms with Gasteiger partial charge in [-0.25, -0.2) is 4.79 Å². The highest BCUT2D eigenvalue weighted by molar-refractivity contribution is 5.69. The molecule has 0 aromatic rings. The van der Waals surface area contributed by atoms with Crippen molar-refractivity contribution in [1.29, 1.82) is 0 Å². The topological polar surface area (TPSA) is 38.3 Å². The van der Waals surface area contributed by atoms with Crippen molar-refractivity contribution in [3.05, 3.63) is 0 Å². The molecule has 4 bridgehead atoms. The molecule has 20 heavy (non-hydrogen) atoms. The molecule has 4 aliphatic carbocycles. The van der Waals surface area contributed by atoms with Crippen molar-refractivity contribution < 1.29 is 9.53 Å². The Bertz CT molecular complexity index is 419. The first-order valence-electron chi connectivity index (χ1n) is 8.02. The molecule has 1 amide bonds. The van der Waals surface area contributed by atoms with Gasteiger partial charge in [0.15, 0.2) is 0 Å². The molecule has 4 atom stereocenters. The van der Waals surface area contributed by atoms with Crippen LogP contribution < -0.4 is 5.32 Å². The third kappa shape index (κ3) is 2.56. The minimum atomic E-state index is -0.416. The average Bonchev–Trinajstić information content (AvgIpc) is 2.04. The van der Waals surface area contributed by atoms with E-state index in [4.69, 9.17) is 4.74 Å². The van der Waals surface area contributed by atoms with Crippen LogP contribution in [0.2, 0.25) is 0 Å². The molecule has 114 valence electrons. The lowest BCUT2D eigenvalue weighted by atomic mass is 9.43. The van der Waals surface area contributed by atoms with E-state index < -0.39 is 5.60 Å². The Balaban J connectivity index is 1.77. The summed E-state index contributed by atoms with van der Waals surface area (Å²) in [5, 5.41) is 3.27. The van der Waals surface area contributed by atoms with Crippen LogP contribution in [0, 0.1) is 16.7 Å². The van der Waals surface area contributed by atoms with Crippen molar-refractivity contribution in [3.8, 4) is 0 Å². The quantitative estimate of drug-likeness (QED) is 0.779. The molecule has 3 nitrogen and oxygen atoms in total. The number of amides is 1. The maximum atomic E-state index is 12.2. The number of carbonyl (C=O) groups is 1. The Morgan fingerprint density at radius 2 is 1.60 bits per heavy atom. The van der Waals surface area contributed by atoms with Crippen molar-refractivity contribution in [3.63, 3.8) is 0 Å². The third-order valence-electron chi connectivity index (χ3n) is 5.39. The van der Waals surface area contributed by atoms with E-state index in [0.29, 0.717) is 10.8 Å². The second-order valence-electron chi connectivity index (χ2n) is 9.54. The van der Waals surface area contributed by atoms with Crippen molar-refractivity contribution in [2.24, 2.45) is 16.7 Å². The van der Waals surface area contributed by atoms with Crippen LogP contribution in [0.25, 0.3) is 0 Å². The predicted octanol–water partition coefficient (Wildman–Crippen LogP) is 4.26. The van der Waals surface area contributed by atoms with E-state index in [9.17, 15) is 4.79 Å². The predicted molar refractivity (Wildman–Crippen MR) is 79.5 cm³/mol. The van der Waals surface area contributed by atoms with Gasteiger partial charge in [-0.1, -0.05) is 13.8 Å². The first-order chi connectivity index (χ1) is 9.01. The molecule has 4 fully saturated rings. The normalized spacial score (nSPS) is 46.4. The smallest absolute Gasteiger partial charge is 0.408 e. The van der Waals surface area contributed by atoms with Gasteiger partial charge in [-0.15, -0.1) is 0 Å². The molecule has 0 aromatic carbocycles. The van der Waals surface area contributed by atoms with Crippen LogP contribution in [0.3, 0.4) is 0 Å². The highest BCUT2D eigenvalue weighted by atomic mass is 16.6. The molecule has 2 unspecified atom stereocenters. The van der Waals surface area contributed by atoms with Crippen LogP contribution in [0.5, 0.6) is 0 Å². The van der Waals surface area contributed by atoms with E-state index in [0.717, 1.165) is 25.2 Å². The van der Waals surface area contributed by atoms with Crippen LogP contribution in [0.4, 0.5) is 4.79 Å². The Morgan fingerprint density at radius 1 is 1.05 bits per heavy atom. The van der Waals surface area contributed by atoms with Crippen molar-refractivity contribution >= 4 is 6.09 Å². The molecule has 4 saturated carbocycles. The summed E-state index contributed by atoms with van der Waals surface area (Å²) >= 11 is 0. The molecule has 0 heterocycles. The molecule has 4 rings (SSSR count). The van der Waals surface area contributed by atoms with Crippen LogP contribution in [0.1, 0.15) is 73.1 Å². The molecular weight excluding hydrogens is 250 g/mol. The summed E-state index contributed by atoms with van der Waals surface area (Å²) in [7, 11) is 0. The van der Waals surface area contributed by atoms with Gasteiger partial charge in [0, 0.05) is 5.54 Å². The highest BCUT2D eigenvalue weighted by Gasteiger charge is 2.60. The lowest BCUT2D eigenvalue weighted by Crippen LogP contribution is -2.65. The van der Waals surface area contributed by atoms with E-state index in [1.54, 1.807) is 0 Å². The Labute approximate surface area is 122 Å². The second kappa shape index (κ2) is 3.92. The molecular formula is C17H29NO2. The average molecular weight is 279 g/mol. The number of alkyl carbamates (subject to hydrolysis) is 1. The first-order valence-corrected chi connectivity index (χ1v) is 8.02. The van der Waals surface area contributed by atoms with Gasteiger partial charge >= 0.3 is 6.09 Å². The van der Waals surface area contributed by atoms with E-state index in [2.05, 4.69) is 19.2 Å². The summed E-state index contributed by atoms with van der Waals surface area (Å²) in [6.45, 7) is 10.6. The number of carbonyl (C=O) groups excluding carboxylic acids is 1. The fraction of sp³-hybridized carbons (Fsp3) is 0.941. The molecule has 0 aliphatic heterocycles. The lowest BCUT2D eigenvalue weighted by molar-refractivity contribution is -0.116. The van der Waals surface area contributed by atoms with Gasteiger partial charge in [0.05, 0.1) is 0 Å². The zero-order valence-corrected chi connectivity index (χ0v) is 13.6.